The lowest BCUT2D eigenvalue weighted by molar-refractivity contribution is -0.143. The first-order chi connectivity index (χ1) is 17.5. The first-order valence-corrected chi connectivity index (χ1v) is 13.0. The average molecular weight is 489 g/mol. The number of anilines is 1. The number of carbonyl (C=O) groups excluding carboxylic acids is 2. The van der Waals surface area contributed by atoms with E-state index in [4.69, 9.17) is 9.47 Å². The van der Waals surface area contributed by atoms with E-state index in [1.807, 2.05) is 25.1 Å². The number of para-hydroxylation sites is 2. The topological polar surface area (TPSA) is 69.6 Å². The van der Waals surface area contributed by atoms with E-state index < -0.39 is 0 Å². The van der Waals surface area contributed by atoms with Gasteiger partial charge in [0.05, 0.1) is 18.9 Å². The predicted molar refractivity (Wildman–Crippen MR) is 144 cm³/mol. The third kappa shape index (κ3) is 6.56. The monoisotopic (exact) mass is 488 g/mol. The molecule has 1 N–H and O–H groups in total. The zero-order valence-electron chi connectivity index (χ0n) is 21.3. The first-order valence-electron chi connectivity index (χ1n) is 13.0. The van der Waals surface area contributed by atoms with Crippen LogP contribution >= 0.6 is 0 Å². The number of amides is 1. The summed E-state index contributed by atoms with van der Waals surface area (Å²) in [4.78, 5) is 24.3. The van der Waals surface area contributed by atoms with Crippen molar-refractivity contribution < 1.29 is 19.1 Å². The molecule has 4 rings (SSSR count). The van der Waals surface area contributed by atoms with Crippen molar-refractivity contribution in [2.24, 2.45) is 0 Å². The highest BCUT2D eigenvalue weighted by molar-refractivity contribution is 6.04. The number of ether oxygens (including phenoxy) is 2. The molecule has 3 aromatic rings. The molecule has 1 aromatic heterocycles. The number of nitrogens with one attached hydrogen (secondary N) is 1. The van der Waals surface area contributed by atoms with E-state index in [2.05, 4.69) is 40.3 Å². The maximum Gasteiger partial charge on any atom is 0.305 e. The van der Waals surface area contributed by atoms with Gasteiger partial charge in [0.1, 0.15) is 5.75 Å². The number of carbonyl (C=O) groups is 2. The molecule has 1 fully saturated rings. The summed E-state index contributed by atoms with van der Waals surface area (Å²) in [6.45, 7) is 4.48. The van der Waals surface area contributed by atoms with Crippen molar-refractivity contribution in [2.75, 3.05) is 18.5 Å². The molecule has 1 aliphatic carbocycles. The number of rotatable bonds is 10. The summed E-state index contributed by atoms with van der Waals surface area (Å²) in [6, 6.07) is 16.5. The van der Waals surface area contributed by atoms with E-state index in [0.29, 0.717) is 43.5 Å². The Kier molecular flexibility index (Phi) is 8.82. The Balaban J connectivity index is 1.38. The van der Waals surface area contributed by atoms with Crippen LogP contribution in [0.3, 0.4) is 0 Å². The molecule has 1 aliphatic rings. The fraction of sp³-hybridized carbons (Fsp3) is 0.400. The van der Waals surface area contributed by atoms with E-state index in [-0.39, 0.29) is 11.9 Å². The number of esters is 1. The molecule has 0 bridgehead atoms. The SMILES string of the molecule is CCOC(=O)CCCOc1ccccc1NC(=O)/C=C(\C)c1ccc2c(ccn2C2CCCCC2)c1. The molecule has 36 heavy (non-hydrogen) atoms. The minimum absolute atomic E-state index is 0.213. The average Bonchev–Trinajstić information content (AvgIpc) is 3.31. The Morgan fingerprint density at radius 1 is 1.08 bits per heavy atom. The van der Waals surface area contributed by atoms with Crippen molar-refractivity contribution in [1.82, 2.24) is 4.57 Å². The Bertz CT molecular complexity index is 1220. The number of benzene rings is 2. The quantitative estimate of drug-likeness (QED) is 0.191. The minimum atomic E-state index is -0.230. The van der Waals surface area contributed by atoms with Gasteiger partial charge < -0.3 is 19.4 Å². The second-order valence-corrected chi connectivity index (χ2v) is 9.36. The van der Waals surface area contributed by atoms with Crippen LogP contribution in [0.1, 0.15) is 70.4 Å². The van der Waals surface area contributed by atoms with Crippen molar-refractivity contribution in [3.63, 3.8) is 0 Å². The fourth-order valence-corrected chi connectivity index (χ4v) is 4.86. The first kappa shape index (κ1) is 25.5. The molecule has 0 spiro atoms. The molecule has 1 heterocycles. The zero-order valence-corrected chi connectivity index (χ0v) is 21.3. The Labute approximate surface area is 213 Å². The number of hydrogen-bond donors (Lipinski definition) is 1. The van der Waals surface area contributed by atoms with Crippen LogP contribution in [0.4, 0.5) is 5.69 Å². The predicted octanol–water partition coefficient (Wildman–Crippen LogP) is 6.91. The molecular formula is C30H36N2O4. The molecule has 6 heteroatoms. The van der Waals surface area contributed by atoms with Gasteiger partial charge in [-0.25, -0.2) is 0 Å². The highest BCUT2D eigenvalue weighted by atomic mass is 16.5. The van der Waals surface area contributed by atoms with Gasteiger partial charge in [-0.3, -0.25) is 9.59 Å². The third-order valence-corrected chi connectivity index (χ3v) is 6.72. The molecule has 6 nitrogen and oxygen atoms in total. The molecule has 0 aliphatic heterocycles. The fourth-order valence-electron chi connectivity index (χ4n) is 4.86. The molecule has 0 atom stereocenters. The van der Waals surface area contributed by atoms with Crippen LogP contribution in [-0.4, -0.2) is 29.7 Å². The normalized spacial score (nSPS) is 14.6. The second-order valence-electron chi connectivity index (χ2n) is 9.36. The molecule has 0 saturated heterocycles. The number of allylic oxidation sites excluding steroid dienone is 1. The van der Waals surface area contributed by atoms with E-state index in [1.54, 1.807) is 19.1 Å². The molecule has 1 saturated carbocycles. The molecule has 0 radical (unpaired) electrons. The van der Waals surface area contributed by atoms with Gasteiger partial charge in [-0.15, -0.1) is 0 Å². The highest BCUT2D eigenvalue weighted by Crippen LogP contribution is 2.32. The van der Waals surface area contributed by atoms with Gasteiger partial charge in [-0.05, 0) is 74.6 Å². The van der Waals surface area contributed by atoms with Crippen molar-refractivity contribution in [2.45, 2.75) is 64.8 Å². The number of hydrogen-bond acceptors (Lipinski definition) is 4. The van der Waals surface area contributed by atoms with Gasteiger partial charge in [-0.1, -0.05) is 37.5 Å². The second kappa shape index (κ2) is 12.4. The summed E-state index contributed by atoms with van der Waals surface area (Å²) in [5.41, 5.74) is 3.79. The Morgan fingerprint density at radius 3 is 2.69 bits per heavy atom. The molecule has 2 aromatic carbocycles. The lowest BCUT2D eigenvalue weighted by Crippen LogP contribution is -2.11. The van der Waals surface area contributed by atoms with Crippen LogP contribution < -0.4 is 10.1 Å². The number of aromatic nitrogens is 1. The van der Waals surface area contributed by atoms with Gasteiger partial charge >= 0.3 is 5.97 Å². The standard InChI is InChI=1S/C30H36N2O4/c1-3-35-30(34)14-9-19-36-28-13-8-7-12-26(28)31-29(33)20-22(2)23-15-16-27-24(21-23)17-18-32(27)25-10-5-4-6-11-25/h7-8,12-13,15-18,20-21,25H,3-6,9-11,14,19H2,1-2H3,(H,31,33)/b22-20+. The van der Waals surface area contributed by atoms with Crippen LogP contribution in [-0.2, 0) is 14.3 Å². The van der Waals surface area contributed by atoms with E-state index in [9.17, 15) is 9.59 Å². The largest absolute Gasteiger partial charge is 0.491 e. The van der Waals surface area contributed by atoms with Gasteiger partial charge in [0.2, 0.25) is 5.91 Å². The van der Waals surface area contributed by atoms with Crippen LogP contribution in [0, 0.1) is 0 Å². The summed E-state index contributed by atoms with van der Waals surface area (Å²) >= 11 is 0. The zero-order chi connectivity index (χ0) is 25.3. The summed E-state index contributed by atoms with van der Waals surface area (Å²) in [6.07, 6.45) is 11.1. The summed E-state index contributed by atoms with van der Waals surface area (Å²) < 4.78 is 13.2. The Hall–Kier alpha value is -3.54. The van der Waals surface area contributed by atoms with Crippen molar-refractivity contribution in [3.05, 3.63) is 66.4 Å². The van der Waals surface area contributed by atoms with Crippen LogP contribution in [0.2, 0.25) is 0 Å². The van der Waals surface area contributed by atoms with Gasteiger partial charge in [0.15, 0.2) is 0 Å². The molecule has 0 unspecified atom stereocenters. The summed E-state index contributed by atoms with van der Waals surface area (Å²) in [5.74, 6) is 0.133. The van der Waals surface area contributed by atoms with E-state index >= 15 is 0 Å². The van der Waals surface area contributed by atoms with Crippen molar-refractivity contribution >= 4 is 34.0 Å². The van der Waals surface area contributed by atoms with Gasteiger partial charge in [-0.2, -0.15) is 0 Å². The maximum absolute atomic E-state index is 12.8. The minimum Gasteiger partial charge on any atom is -0.491 e. The number of fused-ring (bicyclic) bond motifs is 1. The van der Waals surface area contributed by atoms with E-state index in [1.165, 1.54) is 43.0 Å². The maximum atomic E-state index is 12.8. The highest BCUT2D eigenvalue weighted by Gasteiger charge is 2.17. The van der Waals surface area contributed by atoms with Gasteiger partial charge in [0, 0.05) is 35.6 Å². The Morgan fingerprint density at radius 2 is 1.89 bits per heavy atom. The smallest absolute Gasteiger partial charge is 0.305 e. The number of nitrogens with zero attached hydrogens (tertiary/aromatic N) is 1. The van der Waals surface area contributed by atoms with E-state index in [0.717, 1.165) is 11.1 Å². The van der Waals surface area contributed by atoms with Crippen LogP contribution in [0.5, 0.6) is 5.75 Å². The summed E-state index contributed by atoms with van der Waals surface area (Å²) in [5, 5.41) is 4.13. The van der Waals surface area contributed by atoms with Crippen molar-refractivity contribution in [3.8, 4) is 5.75 Å². The molecular weight excluding hydrogens is 452 g/mol. The van der Waals surface area contributed by atoms with Crippen LogP contribution in [0.15, 0.2) is 60.8 Å². The summed E-state index contributed by atoms with van der Waals surface area (Å²) in [7, 11) is 0. The molecule has 190 valence electrons. The van der Waals surface area contributed by atoms with Crippen molar-refractivity contribution in [1.29, 1.82) is 0 Å². The lowest BCUT2D eigenvalue weighted by Gasteiger charge is -2.24. The lowest BCUT2D eigenvalue weighted by atomic mass is 9.95. The third-order valence-electron chi connectivity index (χ3n) is 6.72. The molecule has 1 amide bonds. The van der Waals surface area contributed by atoms with Crippen LogP contribution in [0.25, 0.3) is 16.5 Å². The van der Waals surface area contributed by atoms with Gasteiger partial charge in [0.25, 0.3) is 0 Å².